The Balaban J connectivity index is 1.96. The molecule has 0 radical (unpaired) electrons. The van der Waals surface area contributed by atoms with Crippen LogP contribution in [0.3, 0.4) is 0 Å². The number of nitrogens with one attached hydrogen (secondary N) is 1. The predicted octanol–water partition coefficient (Wildman–Crippen LogP) is 5.15. The largest absolute Gasteiger partial charge is 0.417 e. The Bertz CT molecular complexity index is 1360. The molecule has 184 valence electrons. The number of carbonyl (C=O) groups is 1. The van der Waals surface area contributed by atoms with Crippen LogP contribution in [0.25, 0.3) is 0 Å². The normalized spacial score (nSPS) is 12.1. The number of benzene rings is 3. The van der Waals surface area contributed by atoms with Crippen LogP contribution < -0.4 is 9.73 Å². The van der Waals surface area contributed by atoms with Gasteiger partial charge in [-0.2, -0.15) is 18.3 Å². The maximum atomic E-state index is 13.7. The first-order valence-electron chi connectivity index (χ1n) is 9.92. The lowest BCUT2D eigenvalue weighted by molar-refractivity contribution is -0.137. The van der Waals surface area contributed by atoms with Gasteiger partial charge in [0.2, 0.25) is 0 Å². The molecule has 0 aromatic heterocycles. The summed E-state index contributed by atoms with van der Waals surface area (Å²) in [6.45, 7) is 0.813. The topological polar surface area (TPSA) is 78.8 Å². The third-order valence-electron chi connectivity index (χ3n) is 4.74. The maximum absolute atomic E-state index is 13.7. The van der Waals surface area contributed by atoms with Crippen molar-refractivity contribution in [3.63, 3.8) is 0 Å². The van der Waals surface area contributed by atoms with Crippen LogP contribution in [0.4, 0.5) is 23.2 Å². The van der Waals surface area contributed by atoms with Gasteiger partial charge in [0.25, 0.3) is 15.9 Å². The van der Waals surface area contributed by atoms with E-state index in [1.807, 2.05) is 0 Å². The third kappa shape index (κ3) is 6.37. The molecular weight excluding hydrogens is 510 g/mol. The molecule has 6 nitrogen and oxygen atoms in total. The van der Waals surface area contributed by atoms with E-state index >= 15 is 0 Å². The first-order valence-corrected chi connectivity index (χ1v) is 11.7. The molecule has 1 amide bonds. The zero-order valence-corrected chi connectivity index (χ0v) is 19.6. The maximum Gasteiger partial charge on any atom is 0.417 e. The van der Waals surface area contributed by atoms with E-state index in [1.54, 1.807) is 13.0 Å². The fourth-order valence-electron chi connectivity index (χ4n) is 2.96. The van der Waals surface area contributed by atoms with Crippen molar-refractivity contribution in [2.75, 3.05) is 10.8 Å². The van der Waals surface area contributed by atoms with Gasteiger partial charge in [0.15, 0.2) is 0 Å². The highest BCUT2D eigenvalue weighted by Gasteiger charge is 2.35. The second kappa shape index (κ2) is 10.4. The van der Waals surface area contributed by atoms with E-state index in [9.17, 15) is 30.8 Å². The van der Waals surface area contributed by atoms with E-state index < -0.39 is 50.7 Å². The van der Waals surface area contributed by atoms with Crippen LogP contribution in [0, 0.1) is 12.7 Å². The summed E-state index contributed by atoms with van der Waals surface area (Å²) in [4.78, 5) is 12.3. The number of carbonyl (C=O) groups excluding carboxylic acids is 1. The van der Waals surface area contributed by atoms with Gasteiger partial charge in [-0.05, 0) is 43.3 Å². The van der Waals surface area contributed by atoms with E-state index in [-0.39, 0.29) is 10.5 Å². The average molecular weight is 528 g/mol. The predicted molar refractivity (Wildman–Crippen MR) is 124 cm³/mol. The fraction of sp³-hybridized carbons (Fsp3) is 0.130. The van der Waals surface area contributed by atoms with Gasteiger partial charge in [-0.15, -0.1) is 0 Å². The van der Waals surface area contributed by atoms with E-state index in [2.05, 4.69) is 10.5 Å². The lowest BCUT2D eigenvalue weighted by Crippen LogP contribution is -2.39. The van der Waals surface area contributed by atoms with Crippen molar-refractivity contribution in [2.45, 2.75) is 18.0 Å². The van der Waals surface area contributed by atoms with Crippen LogP contribution in [0.5, 0.6) is 0 Å². The third-order valence-corrected chi connectivity index (χ3v) is 6.86. The van der Waals surface area contributed by atoms with Crippen molar-refractivity contribution in [3.8, 4) is 0 Å². The molecule has 3 aromatic rings. The Morgan fingerprint density at radius 1 is 1.09 bits per heavy atom. The first-order chi connectivity index (χ1) is 16.4. The number of halogens is 5. The molecule has 0 spiro atoms. The number of aryl methyl sites for hydroxylation is 1. The van der Waals surface area contributed by atoms with Crippen molar-refractivity contribution in [2.24, 2.45) is 5.10 Å². The zero-order chi connectivity index (χ0) is 25.8. The summed E-state index contributed by atoms with van der Waals surface area (Å²) in [5.74, 6) is -1.58. The summed E-state index contributed by atoms with van der Waals surface area (Å²) in [5.41, 5.74) is 1.17. The number of amides is 1. The SMILES string of the molecule is Cc1ccc(S(=O)(=O)N(CC(=O)N/N=C\c2ccccc2F)c2ccc(Cl)c(C(F)(F)F)c2)cc1. The van der Waals surface area contributed by atoms with E-state index in [0.29, 0.717) is 10.4 Å². The van der Waals surface area contributed by atoms with Crippen molar-refractivity contribution in [1.82, 2.24) is 5.43 Å². The number of alkyl halides is 3. The second-order valence-electron chi connectivity index (χ2n) is 7.30. The summed E-state index contributed by atoms with van der Waals surface area (Å²) in [6, 6.07) is 13.6. The summed E-state index contributed by atoms with van der Waals surface area (Å²) >= 11 is 5.66. The summed E-state index contributed by atoms with van der Waals surface area (Å²) < 4.78 is 81.0. The van der Waals surface area contributed by atoms with Gasteiger partial charge in [-0.25, -0.2) is 18.2 Å². The Morgan fingerprint density at radius 2 is 1.74 bits per heavy atom. The van der Waals surface area contributed by atoms with Gasteiger partial charge in [0, 0.05) is 5.56 Å². The minimum absolute atomic E-state index is 0.0597. The molecule has 0 saturated carbocycles. The number of hydrogen-bond acceptors (Lipinski definition) is 4. The van der Waals surface area contributed by atoms with Gasteiger partial charge in [0.05, 0.1) is 27.4 Å². The molecule has 0 aliphatic rings. The van der Waals surface area contributed by atoms with E-state index in [1.165, 1.54) is 42.5 Å². The summed E-state index contributed by atoms with van der Waals surface area (Å²) in [5, 5.41) is 2.97. The molecule has 0 aliphatic carbocycles. The fourth-order valence-corrected chi connectivity index (χ4v) is 4.60. The molecule has 0 saturated heterocycles. The first kappa shape index (κ1) is 26.2. The molecular formula is C23H18ClF4N3O3S. The van der Waals surface area contributed by atoms with Crippen LogP contribution in [0.2, 0.25) is 5.02 Å². The Labute approximate surface area is 203 Å². The Morgan fingerprint density at radius 3 is 2.37 bits per heavy atom. The van der Waals surface area contributed by atoms with Crippen LogP contribution in [-0.4, -0.2) is 27.1 Å². The number of hydrogen-bond donors (Lipinski definition) is 1. The minimum Gasteiger partial charge on any atom is -0.271 e. The van der Waals surface area contributed by atoms with Gasteiger partial charge < -0.3 is 0 Å². The molecule has 3 rings (SSSR count). The monoisotopic (exact) mass is 527 g/mol. The molecule has 0 bridgehead atoms. The van der Waals surface area contributed by atoms with Crippen molar-refractivity contribution < 1.29 is 30.8 Å². The Kier molecular flexibility index (Phi) is 7.81. The van der Waals surface area contributed by atoms with Crippen LogP contribution in [0.1, 0.15) is 16.7 Å². The minimum atomic E-state index is -4.86. The van der Waals surface area contributed by atoms with Crippen LogP contribution >= 0.6 is 11.6 Å². The van der Waals surface area contributed by atoms with Crippen LogP contribution in [-0.2, 0) is 21.0 Å². The lowest BCUT2D eigenvalue weighted by Gasteiger charge is -2.25. The van der Waals surface area contributed by atoms with Crippen molar-refractivity contribution >= 4 is 39.4 Å². The van der Waals surface area contributed by atoms with Crippen molar-refractivity contribution in [3.05, 3.63) is 94.3 Å². The number of rotatable bonds is 7. The molecule has 1 N–H and O–H groups in total. The van der Waals surface area contributed by atoms with Crippen LogP contribution in [0.15, 0.2) is 76.7 Å². The van der Waals surface area contributed by atoms with Gasteiger partial charge in [-0.3, -0.25) is 9.10 Å². The standard InChI is InChI=1S/C23H18ClF4N3O3S/c1-15-6-9-18(10-7-15)35(33,34)31(17-8-11-20(24)19(12-17)23(26,27)28)14-22(32)30-29-13-16-4-2-3-5-21(16)25/h2-13H,14H2,1H3,(H,30,32)/b29-13-. The molecule has 0 heterocycles. The Hall–Kier alpha value is -3.44. The molecule has 0 fully saturated rings. The number of hydrazone groups is 1. The number of anilines is 1. The highest BCUT2D eigenvalue weighted by atomic mass is 35.5. The summed E-state index contributed by atoms with van der Waals surface area (Å²) in [7, 11) is -4.47. The number of sulfonamides is 1. The molecule has 0 aliphatic heterocycles. The highest BCUT2D eigenvalue weighted by molar-refractivity contribution is 7.92. The quantitative estimate of drug-likeness (QED) is 0.262. The second-order valence-corrected chi connectivity index (χ2v) is 9.57. The van der Waals surface area contributed by atoms with Gasteiger partial charge in [-0.1, -0.05) is 47.5 Å². The van der Waals surface area contributed by atoms with Gasteiger partial charge >= 0.3 is 6.18 Å². The molecule has 3 aromatic carbocycles. The smallest absolute Gasteiger partial charge is 0.271 e. The van der Waals surface area contributed by atoms with E-state index in [0.717, 1.165) is 23.9 Å². The molecule has 35 heavy (non-hydrogen) atoms. The highest BCUT2D eigenvalue weighted by Crippen LogP contribution is 2.38. The average Bonchev–Trinajstić information content (AvgIpc) is 2.79. The number of nitrogens with zero attached hydrogens (tertiary/aromatic N) is 2. The van der Waals surface area contributed by atoms with E-state index in [4.69, 9.17) is 11.6 Å². The zero-order valence-electron chi connectivity index (χ0n) is 18.1. The molecule has 12 heteroatoms. The summed E-state index contributed by atoms with van der Waals surface area (Å²) in [6.07, 6.45) is -3.85. The molecule has 0 atom stereocenters. The van der Waals surface area contributed by atoms with Crippen molar-refractivity contribution in [1.29, 1.82) is 0 Å². The van der Waals surface area contributed by atoms with Gasteiger partial charge in [0.1, 0.15) is 12.4 Å². The lowest BCUT2D eigenvalue weighted by atomic mass is 10.2. The molecule has 0 unspecified atom stereocenters.